The Morgan fingerprint density at radius 2 is 2.25 bits per heavy atom. The second-order valence-corrected chi connectivity index (χ2v) is 4.92. The zero-order valence-corrected chi connectivity index (χ0v) is 10.1. The molecule has 4 nitrogen and oxygen atoms in total. The summed E-state index contributed by atoms with van der Waals surface area (Å²) in [5.41, 5.74) is 2.93. The predicted molar refractivity (Wildman–Crippen MR) is 65.1 cm³/mol. The van der Waals surface area contributed by atoms with Crippen molar-refractivity contribution in [3.05, 3.63) is 0 Å². The number of nitrogens with zero attached hydrogens (tertiary/aromatic N) is 2. The van der Waals surface area contributed by atoms with E-state index in [2.05, 4.69) is 22.4 Å². The third kappa shape index (κ3) is 2.43. The second-order valence-electron chi connectivity index (χ2n) is 4.48. The molecule has 16 heavy (non-hydrogen) atoms. The molecule has 3 unspecified atom stereocenters. The van der Waals surface area contributed by atoms with Crippen LogP contribution in [-0.4, -0.2) is 29.3 Å². The average Bonchev–Trinajstić information content (AvgIpc) is 2.28. The monoisotopic (exact) mass is 241 g/mol. The highest BCUT2D eigenvalue weighted by molar-refractivity contribution is 6.54. The molecule has 1 fully saturated rings. The molecule has 5 heteroatoms. The maximum absolute atomic E-state index is 11.3. The first-order chi connectivity index (χ1) is 7.68. The van der Waals surface area contributed by atoms with Crippen molar-refractivity contribution in [3.63, 3.8) is 0 Å². The van der Waals surface area contributed by atoms with Crippen LogP contribution in [0.5, 0.6) is 0 Å². The zero-order chi connectivity index (χ0) is 11.5. The minimum Gasteiger partial charge on any atom is -0.282 e. The molecule has 0 bridgehead atoms. The fraction of sp³-hybridized carbons (Fsp3) is 0.727. The predicted octanol–water partition coefficient (Wildman–Crippen LogP) is 1.73. The first-order valence-electron chi connectivity index (χ1n) is 5.73. The summed E-state index contributed by atoms with van der Waals surface area (Å²) < 4.78 is 0. The third-order valence-electron chi connectivity index (χ3n) is 3.24. The number of aliphatic imine (C=N–C) groups is 1. The maximum Gasteiger partial charge on any atom is 0.264 e. The van der Waals surface area contributed by atoms with Gasteiger partial charge in [0.2, 0.25) is 0 Å². The van der Waals surface area contributed by atoms with Gasteiger partial charge in [-0.15, -0.1) is 11.6 Å². The lowest BCUT2D eigenvalue weighted by atomic mass is 9.86. The van der Waals surface area contributed by atoms with E-state index in [4.69, 9.17) is 11.6 Å². The van der Waals surface area contributed by atoms with Gasteiger partial charge in [-0.25, -0.2) is 5.43 Å². The Kier molecular flexibility index (Phi) is 3.59. The molecule has 2 aliphatic rings. The van der Waals surface area contributed by atoms with Crippen LogP contribution in [0.1, 0.15) is 32.6 Å². The van der Waals surface area contributed by atoms with Crippen LogP contribution >= 0.6 is 11.6 Å². The molecule has 1 N–H and O–H groups in total. The molecule has 1 saturated carbocycles. The number of nitrogens with one attached hydrogen (secondary N) is 1. The SMILES string of the molecule is CC1CCCCC1N=C1C=NNC(=O)C1Cl. The number of halogens is 1. The number of alkyl halides is 1. The van der Waals surface area contributed by atoms with Gasteiger partial charge in [-0.1, -0.05) is 19.8 Å². The van der Waals surface area contributed by atoms with E-state index in [1.807, 2.05) is 0 Å². The third-order valence-corrected chi connectivity index (χ3v) is 3.66. The number of hydrogen-bond acceptors (Lipinski definition) is 3. The maximum atomic E-state index is 11.3. The molecule has 2 rings (SSSR count). The molecular formula is C11H16ClN3O. The Bertz CT molecular complexity index is 340. The van der Waals surface area contributed by atoms with E-state index >= 15 is 0 Å². The zero-order valence-electron chi connectivity index (χ0n) is 9.32. The van der Waals surface area contributed by atoms with Crippen molar-refractivity contribution in [2.24, 2.45) is 16.0 Å². The van der Waals surface area contributed by atoms with Crippen molar-refractivity contribution in [2.75, 3.05) is 0 Å². The molecular weight excluding hydrogens is 226 g/mol. The van der Waals surface area contributed by atoms with Gasteiger partial charge in [-0.2, -0.15) is 5.10 Å². The molecule has 88 valence electrons. The first-order valence-corrected chi connectivity index (χ1v) is 6.17. The second kappa shape index (κ2) is 4.95. The summed E-state index contributed by atoms with van der Waals surface area (Å²) in [6.07, 6.45) is 6.34. The fourth-order valence-corrected chi connectivity index (χ4v) is 2.36. The van der Waals surface area contributed by atoms with E-state index in [0.717, 1.165) is 6.42 Å². The van der Waals surface area contributed by atoms with Crippen molar-refractivity contribution in [2.45, 2.75) is 44.0 Å². The fourth-order valence-electron chi connectivity index (χ4n) is 2.20. The lowest BCUT2D eigenvalue weighted by molar-refractivity contribution is -0.119. The average molecular weight is 242 g/mol. The van der Waals surface area contributed by atoms with Crippen LogP contribution in [0, 0.1) is 5.92 Å². The molecule has 3 atom stereocenters. The van der Waals surface area contributed by atoms with E-state index < -0.39 is 5.38 Å². The number of amides is 1. The highest BCUT2D eigenvalue weighted by Crippen LogP contribution is 2.26. The van der Waals surface area contributed by atoms with Crippen molar-refractivity contribution >= 4 is 29.4 Å². The van der Waals surface area contributed by atoms with Crippen molar-refractivity contribution in [1.82, 2.24) is 5.43 Å². The Morgan fingerprint density at radius 1 is 1.50 bits per heavy atom. The minimum absolute atomic E-state index is 0.286. The van der Waals surface area contributed by atoms with Crippen molar-refractivity contribution in [3.8, 4) is 0 Å². The van der Waals surface area contributed by atoms with Crippen LogP contribution in [0.15, 0.2) is 10.1 Å². The molecule has 0 aromatic carbocycles. The van der Waals surface area contributed by atoms with E-state index in [1.165, 1.54) is 19.3 Å². The van der Waals surface area contributed by atoms with E-state index in [1.54, 1.807) is 6.21 Å². The van der Waals surface area contributed by atoms with Gasteiger partial charge in [0.1, 0.15) is 0 Å². The van der Waals surface area contributed by atoms with Gasteiger partial charge in [-0.05, 0) is 18.8 Å². The summed E-state index contributed by atoms with van der Waals surface area (Å²) >= 11 is 5.97. The van der Waals surface area contributed by atoms with Gasteiger partial charge < -0.3 is 0 Å². The summed E-state index contributed by atoms with van der Waals surface area (Å²) in [6, 6.07) is 0.294. The minimum atomic E-state index is -0.688. The summed E-state index contributed by atoms with van der Waals surface area (Å²) in [5, 5.41) is 3.05. The molecule has 1 aliphatic heterocycles. The topological polar surface area (TPSA) is 53.8 Å². The summed E-state index contributed by atoms with van der Waals surface area (Å²) in [4.78, 5) is 15.9. The molecule has 1 heterocycles. The Labute approximate surface area is 100 Å². The van der Waals surface area contributed by atoms with Gasteiger partial charge in [0.15, 0.2) is 5.38 Å². The molecule has 0 radical (unpaired) electrons. The number of carbonyl (C=O) groups is 1. The Hall–Kier alpha value is -0.900. The van der Waals surface area contributed by atoms with Crippen molar-refractivity contribution in [1.29, 1.82) is 0 Å². The van der Waals surface area contributed by atoms with Crippen LogP contribution in [0.2, 0.25) is 0 Å². The van der Waals surface area contributed by atoms with Gasteiger partial charge >= 0.3 is 0 Å². The lowest BCUT2D eigenvalue weighted by Gasteiger charge is -2.26. The Morgan fingerprint density at radius 3 is 3.00 bits per heavy atom. The van der Waals surface area contributed by atoms with Gasteiger partial charge in [0.25, 0.3) is 5.91 Å². The van der Waals surface area contributed by atoms with Crippen LogP contribution in [0.3, 0.4) is 0 Å². The number of rotatable bonds is 1. The summed E-state index contributed by atoms with van der Waals surface area (Å²) in [5.74, 6) is 0.287. The van der Waals surface area contributed by atoms with Crippen molar-refractivity contribution < 1.29 is 4.79 Å². The highest BCUT2D eigenvalue weighted by atomic mass is 35.5. The van der Waals surface area contributed by atoms with Gasteiger partial charge in [0, 0.05) is 0 Å². The molecule has 1 aliphatic carbocycles. The standard InChI is InChI=1S/C11H16ClN3O/c1-7-4-2-3-5-8(7)14-9-6-13-15-11(16)10(9)12/h6-8,10H,2-5H2,1H3,(H,15,16). The van der Waals surface area contributed by atoms with Gasteiger partial charge in [-0.3, -0.25) is 9.79 Å². The lowest BCUT2D eigenvalue weighted by Crippen LogP contribution is -2.40. The molecule has 0 aromatic rings. The number of hydrogen-bond donors (Lipinski definition) is 1. The normalized spacial score (nSPS) is 37.5. The van der Waals surface area contributed by atoms with Gasteiger partial charge in [0.05, 0.1) is 18.0 Å². The first kappa shape index (κ1) is 11.6. The number of carbonyl (C=O) groups excluding carboxylic acids is 1. The molecule has 0 spiro atoms. The van der Waals surface area contributed by atoms with Crippen LogP contribution in [0.4, 0.5) is 0 Å². The number of hydrazone groups is 1. The van der Waals surface area contributed by atoms with E-state index in [0.29, 0.717) is 17.7 Å². The van der Waals surface area contributed by atoms with E-state index in [-0.39, 0.29) is 5.91 Å². The quantitative estimate of drug-likeness (QED) is 0.699. The summed E-state index contributed by atoms with van der Waals surface area (Å²) in [7, 11) is 0. The largest absolute Gasteiger partial charge is 0.282 e. The van der Waals surface area contributed by atoms with Crippen LogP contribution < -0.4 is 5.43 Å². The van der Waals surface area contributed by atoms with Crippen LogP contribution in [-0.2, 0) is 4.79 Å². The summed E-state index contributed by atoms with van der Waals surface area (Å²) in [6.45, 7) is 2.21. The molecule has 1 amide bonds. The molecule has 0 aromatic heterocycles. The highest BCUT2D eigenvalue weighted by Gasteiger charge is 2.27. The smallest absolute Gasteiger partial charge is 0.264 e. The molecule has 0 saturated heterocycles. The van der Waals surface area contributed by atoms with E-state index in [9.17, 15) is 4.79 Å². The van der Waals surface area contributed by atoms with Crippen LogP contribution in [0.25, 0.3) is 0 Å². The Balaban J connectivity index is 2.12.